The summed E-state index contributed by atoms with van der Waals surface area (Å²) in [6.07, 6.45) is 0. The predicted octanol–water partition coefficient (Wildman–Crippen LogP) is 4.86. The summed E-state index contributed by atoms with van der Waals surface area (Å²) in [4.78, 5) is 23.1. The predicted molar refractivity (Wildman–Crippen MR) is 104 cm³/mol. The third-order valence-corrected chi connectivity index (χ3v) is 4.06. The third kappa shape index (κ3) is 4.86. The number of rotatable bonds is 6. The van der Waals surface area contributed by atoms with Gasteiger partial charge in [-0.2, -0.15) is 0 Å². The maximum Gasteiger partial charge on any atom is 0.341 e. The Bertz CT molecular complexity index is 1040. The fraction of sp³-hybridized carbons (Fsp3) is 0.0476. The average Bonchev–Trinajstić information content (AvgIpc) is 2.67. The fourth-order valence-electron chi connectivity index (χ4n) is 2.55. The van der Waals surface area contributed by atoms with Crippen molar-refractivity contribution in [3.63, 3.8) is 0 Å². The number of carbonyl (C=O) groups is 2. The largest absolute Gasteiger partial charge is 0.482 e. The molecule has 0 saturated heterocycles. The summed E-state index contributed by atoms with van der Waals surface area (Å²) in [6.45, 7) is -0.506. The standard InChI is InChI=1S/C21H15ClFNO4/c22-15-4-1-3-13(9-15)14-7-8-19(23)18(10-14)21(27)24-16-5-2-6-17(11-16)28-12-20(25)26/h1-11H,12H2,(H,24,27)(H,25,26). The van der Waals surface area contributed by atoms with E-state index >= 15 is 0 Å². The number of benzene rings is 3. The molecule has 0 aliphatic heterocycles. The molecule has 0 aromatic heterocycles. The van der Waals surface area contributed by atoms with Gasteiger partial charge in [-0.3, -0.25) is 4.79 Å². The topological polar surface area (TPSA) is 75.6 Å². The van der Waals surface area contributed by atoms with E-state index in [1.165, 1.54) is 18.2 Å². The molecular weight excluding hydrogens is 385 g/mol. The molecule has 0 aliphatic carbocycles. The summed E-state index contributed by atoms with van der Waals surface area (Å²) in [5, 5.41) is 11.8. The van der Waals surface area contributed by atoms with Gasteiger partial charge in [-0.05, 0) is 47.5 Å². The highest BCUT2D eigenvalue weighted by molar-refractivity contribution is 6.30. The smallest absolute Gasteiger partial charge is 0.341 e. The van der Waals surface area contributed by atoms with E-state index in [1.807, 2.05) is 6.07 Å². The molecule has 0 fully saturated rings. The number of carboxylic acid groups (broad SMARTS) is 1. The first-order valence-corrected chi connectivity index (χ1v) is 8.61. The van der Waals surface area contributed by atoms with Gasteiger partial charge >= 0.3 is 5.97 Å². The van der Waals surface area contributed by atoms with E-state index in [-0.39, 0.29) is 11.3 Å². The van der Waals surface area contributed by atoms with Gasteiger partial charge in [-0.1, -0.05) is 35.9 Å². The van der Waals surface area contributed by atoms with Gasteiger partial charge in [0.05, 0.1) is 5.56 Å². The molecule has 0 unspecified atom stereocenters. The van der Waals surface area contributed by atoms with Crippen molar-refractivity contribution in [1.82, 2.24) is 0 Å². The Morgan fingerprint density at radius 3 is 2.50 bits per heavy atom. The Hall–Kier alpha value is -3.38. The minimum absolute atomic E-state index is 0.130. The molecule has 5 nitrogen and oxygen atoms in total. The summed E-state index contributed by atoms with van der Waals surface area (Å²) < 4.78 is 19.3. The lowest BCUT2D eigenvalue weighted by atomic mass is 10.0. The molecule has 0 heterocycles. The Balaban J connectivity index is 1.82. The fourth-order valence-corrected chi connectivity index (χ4v) is 2.74. The summed E-state index contributed by atoms with van der Waals surface area (Å²) in [5.74, 6) is -2.15. The minimum atomic E-state index is -1.12. The van der Waals surface area contributed by atoms with Gasteiger partial charge in [0.1, 0.15) is 11.6 Å². The SMILES string of the molecule is O=C(O)COc1cccc(NC(=O)c2cc(-c3cccc(Cl)c3)ccc2F)c1. The molecule has 0 atom stereocenters. The van der Waals surface area contributed by atoms with Crippen LogP contribution >= 0.6 is 11.6 Å². The zero-order valence-electron chi connectivity index (χ0n) is 14.5. The van der Waals surface area contributed by atoms with E-state index in [2.05, 4.69) is 5.32 Å². The van der Waals surface area contributed by atoms with E-state index < -0.39 is 24.3 Å². The molecule has 3 aromatic rings. The van der Waals surface area contributed by atoms with Gasteiger partial charge < -0.3 is 15.2 Å². The number of hydrogen-bond donors (Lipinski definition) is 2. The second kappa shape index (κ2) is 8.54. The van der Waals surface area contributed by atoms with E-state index in [4.69, 9.17) is 21.4 Å². The number of anilines is 1. The molecule has 0 saturated carbocycles. The Kier molecular flexibility index (Phi) is 5.91. The molecule has 3 rings (SSSR count). The van der Waals surface area contributed by atoms with Gasteiger partial charge in [0.15, 0.2) is 6.61 Å². The van der Waals surface area contributed by atoms with Crippen LogP contribution in [0.4, 0.5) is 10.1 Å². The second-order valence-electron chi connectivity index (χ2n) is 5.87. The van der Waals surface area contributed by atoms with Crippen LogP contribution in [-0.2, 0) is 4.79 Å². The molecule has 3 aromatic carbocycles. The van der Waals surface area contributed by atoms with E-state index in [0.717, 1.165) is 5.56 Å². The van der Waals surface area contributed by atoms with E-state index in [0.29, 0.717) is 16.3 Å². The minimum Gasteiger partial charge on any atom is -0.482 e. The molecule has 28 heavy (non-hydrogen) atoms. The lowest BCUT2D eigenvalue weighted by Gasteiger charge is -2.10. The monoisotopic (exact) mass is 399 g/mol. The average molecular weight is 400 g/mol. The highest BCUT2D eigenvalue weighted by Gasteiger charge is 2.14. The van der Waals surface area contributed by atoms with Gasteiger partial charge in [0, 0.05) is 16.8 Å². The molecule has 1 amide bonds. The molecule has 7 heteroatoms. The van der Waals surface area contributed by atoms with Crippen LogP contribution in [0.3, 0.4) is 0 Å². The van der Waals surface area contributed by atoms with Crippen LogP contribution in [0.2, 0.25) is 5.02 Å². The first-order chi connectivity index (χ1) is 13.4. The van der Waals surface area contributed by atoms with Crippen molar-refractivity contribution < 1.29 is 23.8 Å². The summed E-state index contributed by atoms with van der Waals surface area (Å²) in [6, 6.07) is 17.4. The zero-order chi connectivity index (χ0) is 20.1. The number of hydrogen-bond acceptors (Lipinski definition) is 3. The van der Waals surface area contributed by atoms with Crippen LogP contribution in [0.15, 0.2) is 66.7 Å². The van der Waals surface area contributed by atoms with Gasteiger partial charge in [-0.25, -0.2) is 9.18 Å². The molecule has 0 bridgehead atoms. The van der Waals surface area contributed by atoms with Gasteiger partial charge in [0.2, 0.25) is 0 Å². The van der Waals surface area contributed by atoms with Crippen molar-refractivity contribution in [3.8, 4) is 16.9 Å². The molecular formula is C21H15ClFNO4. The van der Waals surface area contributed by atoms with Crippen LogP contribution in [-0.4, -0.2) is 23.6 Å². The molecule has 2 N–H and O–H groups in total. The van der Waals surface area contributed by atoms with Crippen molar-refractivity contribution in [2.75, 3.05) is 11.9 Å². The normalized spacial score (nSPS) is 10.4. The van der Waals surface area contributed by atoms with Crippen LogP contribution in [0, 0.1) is 5.82 Å². The lowest BCUT2D eigenvalue weighted by Crippen LogP contribution is -2.14. The van der Waals surface area contributed by atoms with Crippen molar-refractivity contribution in [1.29, 1.82) is 0 Å². The number of nitrogens with one attached hydrogen (secondary N) is 1. The maximum absolute atomic E-state index is 14.2. The third-order valence-electron chi connectivity index (χ3n) is 3.82. The summed E-state index contributed by atoms with van der Waals surface area (Å²) >= 11 is 5.99. The van der Waals surface area contributed by atoms with Crippen molar-refractivity contribution in [2.24, 2.45) is 0 Å². The number of aliphatic carboxylic acids is 1. The lowest BCUT2D eigenvalue weighted by molar-refractivity contribution is -0.139. The number of halogens is 2. The second-order valence-corrected chi connectivity index (χ2v) is 6.31. The summed E-state index contributed by atoms with van der Waals surface area (Å²) in [5.41, 5.74) is 1.62. The van der Waals surface area contributed by atoms with E-state index in [9.17, 15) is 14.0 Å². The molecule has 142 valence electrons. The van der Waals surface area contributed by atoms with Crippen LogP contribution in [0.25, 0.3) is 11.1 Å². The number of carbonyl (C=O) groups excluding carboxylic acids is 1. The summed E-state index contributed by atoms with van der Waals surface area (Å²) in [7, 11) is 0. The van der Waals surface area contributed by atoms with Crippen molar-refractivity contribution in [3.05, 3.63) is 83.1 Å². The highest BCUT2D eigenvalue weighted by Crippen LogP contribution is 2.25. The molecule has 0 spiro atoms. The Morgan fingerprint density at radius 1 is 1.00 bits per heavy atom. The Labute approximate surface area is 165 Å². The van der Waals surface area contributed by atoms with Gasteiger partial charge in [0.25, 0.3) is 5.91 Å². The first-order valence-electron chi connectivity index (χ1n) is 8.24. The van der Waals surface area contributed by atoms with Crippen LogP contribution < -0.4 is 10.1 Å². The van der Waals surface area contributed by atoms with Crippen molar-refractivity contribution in [2.45, 2.75) is 0 Å². The van der Waals surface area contributed by atoms with Crippen LogP contribution in [0.5, 0.6) is 5.75 Å². The Morgan fingerprint density at radius 2 is 1.75 bits per heavy atom. The number of amides is 1. The molecule has 0 aliphatic rings. The zero-order valence-corrected chi connectivity index (χ0v) is 15.2. The number of carboxylic acids is 1. The first kappa shape index (κ1) is 19.4. The highest BCUT2D eigenvalue weighted by atomic mass is 35.5. The van der Waals surface area contributed by atoms with Gasteiger partial charge in [-0.15, -0.1) is 0 Å². The van der Waals surface area contributed by atoms with Crippen LogP contribution in [0.1, 0.15) is 10.4 Å². The van der Waals surface area contributed by atoms with E-state index in [1.54, 1.807) is 42.5 Å². The maximum atomic E-state index is 14.2. The molecule has 0 radical (unpaired) electrons. The number of ether oxygens (including phenoxy) is 1. The quantitative estimate of drug-likeness (QED) is 0.620. The van der Waals surface area contributed by atoms with Crippen molar-refractivity contribution >= 4 is 29.2 Å².